The molecule has 3 rings (SSSR count). The van der Waals surface area contributed by atoms with Crippen LogP contribution in [-0.4, -0.2) is 55.3 Å². The summed E-state index contributed by atoms with van der Waals surface area (Å²) in [5.41, 5.74) is -1.56. The van der Waals surface area contributed by atoms with E-state index in [-0.39, 0.29) is 35.1 Å². The van der Waals surface area contributed by atoms with Gasteiger partial charge >= 0.3 is 11.9 Å². The molecule has 10 heteroatoms. The summed E-state index contributed by atoms with van der Waals surface area (Å²) >= 11 is 0. The lowest BCUT2D eigenvalue weighted by atomic mass is 9.94. The van der Waals surface area contributed by atoms with Gasteiger partial charge in [-0.15, -0.1) is 0 Å². The minimum Gasteiger partial charge on any atom is -0.491 e. The molecule has 1 aromatic heterocycles. The van der Waals surface area contributed by atoms with E-state index in [1.807, 2.05) is 39.8 Å². The molecule has 34 heavy (non-hydrogen) atoms. The molecule has 7 nitrogen and oxygen atoms in total. The highest BCUT2D eigenvalue weighted by molar-refractivity contribution is 5.97. The number of oxazole rings is 1. The molecule has 0 bridgehead atoms. The largest absolute Gasteiger partial charge is 0.491 e. The van der Waals surface area contributed by atoms with Gasteiger partial charge in [0.25, 0.3) is 5.91 Å². The number of likely N-dealkylation sites (N-methyl/N-ethyl adjacent to an activating group) is 1. The number of hydrogen-bond donors (Lipinski definition) is 0. The highest BCUT2D eigenvalue weighted by atomic mass is 19.4. The third kappa shape index (κ3) is 6.73. The van der Waals surface area contributed by atoms with E-state index in [1.54, 1.807) is 10.8 Å². The SMILES string of the molecule is CN(C)CCOc1ccc(C(F)(F)F)cc1C(=O)N=c1oc(C(C)(C)C)cn1C[C@H]1CCCO1. The van der Waals surface area contributed by atoms with Crippen LogP contribution >= 0.6 is 0 Å². The van der Waals surface area contributed by atoms with E-state index in [4.69, 9.17) is 13.9 Å². The molecule has 1 aliphatic rings. The second-order valence-electron chi connectivity index (χ2n) is 9.69. The van der Waals surface area contributed by atoms with Crippen molar-refractivity contribution >= 4 is 5.91 Å². The predicted molar refractivity (Wildman–Crippen MR) is 120 cm³/mol. The number of hydrogen-bond acceptors (Lipinski definition) is 5. The van der Waals surface area contributed by atoms with Crippen LogP contribution in [0.1, 0.15) is 55.3 Å². The van der Waals surface area contributed by atoms with E-state index < -0.39 is 17.6 Å². The van der Waals surface area contributed by atoms with Crippen molar-refractivity contribution in [2.24, 2.45) is 4.99 Å². The van der Waals surface area contributed by atoms with Crippen molar-refractivity contribution in [3.05, 3.63) is 47.0 Å². The second kappa shape index (κ2) is 10.4. The number of halogens is 3. The average Bonchev–Trinajstić information content (AvgIpc) is 3.37. The lowest BCUT2D eigenvalue weighted by Crippen LogP contribution is -2.24. The van der Waals surface area contributed by atoms with Crippen LogP contribution in [0.15, 0.2) is 33.8 Å². The van der Waals surface area contributed by atoms with E-state index in [1.165, 1.54) is 0 Å². The molecular formula is C24H32F3N3O4. The number of carbonyl (C=O) groups excluding carboxylic acids is 1. The van der Waals surface area contributed by atoms with Crippen LogP contribution in [0.5, 0.6) is 5.75 Å². The van der Waals surface area contributed by atoms with Crippen LogP contribution in [0, 0.1) is 0 Å². The highest BCUT2D eigenvalue weighted by Crippen LogP contribution is 2.33. The number of benzene rings is 1. The first-order valence-corrected chi connectivity index (χ1v) is 11.2. The molecular weight excluding hydrogens is 451 g/mol. The number of rotatable bonds is 7. The van der Waals surface area contributed by atoms with Gasteiger partial charge in [-0.25, -0.2) is 0 Å². The van der Waals surface area contributed by atoms with Crippen molar-refractivity contribution in [1.29, 1.82) is 0 Å². The summed E-state index contributed by atoms with van der Waals surface area (Å²) in [6.45, 7) is 7.69. The third-order valence-electron chi connectivity index (χ3n) is 5.41. The normalized spacial score (nSPS) is 17.6. The van der Waals surface area contributed by atoms with E-state index in [2.05, 4.69) is 4.99 Å². The second-order valence-corrected chi connectivity index (χ2v) is 9.69. The molecule has 0 radical (unpaired) electrons. The fourth-order valence-corrected chi connectivity index (χ4v) is 3.44. The summed E-state index contributed by atoms with van der Waals surface area (Å²) in [6, 6.07) is 2.82. The molecule has 1 aliphatic heterocycles. The van der Waals surface area contributed by atoms with Crippen molar-refractivity contribution in [3.63, 3.8) is 0 Å². The van der Waals surface area contributed by atoms with Crippen molar-refractivity contribution < 1.29 is 31.9 Å². The van der Waals surface area contributed by atoms with Gasteiger partial charge in [0.2, 0.25) is 0 Å². The lowest BCUT2D eigenvalue weighted by Gasteiger charge is -2.14. The van der Waals surface area contributed by atoms with Gasteiger partial charge in [0, 0.05) is 24.8 Å². The Bertz CT molecular complexity index is 1060. The molecule has 1 amide bonds. The smallest absolute Gasteiger partial charge is 0.416 e. The zero-order chi connectivity index (χ0) is 25.1. The molecule has 188 valence electrons. The Morgan fingerprint density at radius 3 is 2.59 bits per heavy atom. The molecule has 0 unspecified atom stereocenters. The number of carbonyl (C=O) groups is 1. The minimum absolute atomic E-state index is 0.0158. The quantitative estimate of drug-likeness (QED) is 0.589. The minimum atomic E-state index is -4.61. The summed E-state index contributed by atoms with van der Waals surface area (Å²) in [5, 5.41) is 0. The highest BCUT2D eigenvalue weighted by Gasteiger charge is 2.32. The van der Waals surface area contributed by atoms with Gasteiger partial charge < -0.3 is 18.8 Å². The molecule has 0 aliphatic carbocycles. The zero-order valence-electron chi connectivity index (χ0n) is 20.2. The van der Waals surface area contributed by atoms with Gasteiger partial charge in [-0.2, -0.15) is 18.2 Å². The topological polar surface area (TPSA) is 69.2 Å². The van der Waals surface area contributed by atoms with Gasteiger partial charge in [0.15, 0.2) is 0 Å². The molecule has 1 aromatic carbocycles. The Morgan fingerprint density at radius 1 is 1.26 bits per heavy atom. The average molecular weight is 484 g/mol. The Kier molecular flexibility index (Phi) is 7.92. The summed E-state index contributed by atoms with van der Waals surface area (Å²) < 4.78 is 58.9. The Morgan fingerprint density at radius 2 is 2.00 bits per heavy atom. The van der Waals surface area contributed by atoms with Gasteiger partial charge in [-0.1, -0.05) is 20.8 Å². The van der Waals surface area contributed by atoms with Crippen molar-refractivity contribution in [2.75, 3.05) is 33.9 Å². The predicted octanol–water partition coefficient (Wildman–Crippen LogP) is 4.26. The summed E-state index contributed by atoms with van der Waals surface area (Å²) in [5.74, 6) is -0.234. The molecule has 1 fully saturated rings. The van der Waals surface area contributed by atoms with Crippen molar-refractivity contribution in [2.45, 2.75) is 57.9 Å². The van der Waals surface area contributed by atoms with Crippen LogP contribution in [0.25, 0.3) is 0 Å². The zero-order valence-corrected chi connectivity index (χ0v) is 20.2. The Hall–Kier alpha value is -2.59. The number of alkyl halides is 3. The number of nitrogens with zero attached hydrogens (tertiary/aromatic N) is 3. The molecule has 0 saturated carbocycles. The maximum absolute atomic E-state index is 13.3. The van der Waals surface area contributed by atoms with Crippen LogP contribution in [0.2, 0.25) is 0 Å². The van der Waals surface area contributed by atoms with Gasteiger partial charge in [-0.05, 0) is 45.1 Å². The first-order valence-electron chi connectivity index (χ1n) is 11.2. The standard InChI is InChI=1S/C24H32F3N3O4/c1-23(2,3)20-15-30(14-17-7-6-11-32-17)22(34-20)28-21(31)18-13-16(24(25,26)27)8-9-19(18)33-12-10-29(4)5/h8-9,13,15,17H,6-7,10-12,14H2,1-5H3/t17-/m1/s1. The maximum atomic E-state index is 13.3. The van der Waals surface area contributed by atoms with Crippen molar-refractivity contribution in [1.82, 2.24) is 9.47 Å². The first kappa shape index (κ1) is 26.0. The van der Waals surface area contributed by atoms with E-state index in [9.17, 15) is 18.0 Å². The van der Waals surface area contributed by atoms with Gasteiger partial charge in [0.05, 0.1) is 23.8 Å². The van der Waals surface area contributed by atoms with Gasteiger partial charge in [0.1, 0.15) is 18.1 Å². The van der Waals surface area contributed by atoms with Crippen LogP contribution in [0.4, 0.5) is 13.2 Å². The monoisotopic (exact) mass is 483 g/mol. The molecule has 0 N–H and O–H groups in total. The molecule has 1 atom stereocenters. The van der Waals surface area contributed by atoms with Crippen LogP contribution in [0.3, 0.4) is 0 Å². The summed E-state index contributed by atoms with van der Waals surface area (Å²) in [4.78, 5) is 19.1. The van der Waals surface area contributed by atoms with Crippen LogP contribution in [-0.2, 0) is 22.9 Å². The molecule has 1 saturated heterocycles. The molecule has 0 spiro atoms. The number of amides is 1. The van der Waals surface area contributed by atoms with Crippen LogP contribution < -0.4 is 10.4 Å². The number of aromatic nitrogens is 1. The first-order chi connectivity index (χ1) is 15.8. The lowest BCUT2D eigenvalue weighted by molar-refractivity contribution is -0.137. The molecule has 2 heterocycles. The van der Waals surface area contributed by atoms with E-state index in [0.29, 0.717) is 25.5 Å². The fourth-order valence-electron chi connectivity index (χ4n) is 3.44. The third-order valence-corrected chi connectivity index (χ3v) is 5.41. The maximum Gasteiger partial charge on any atom is 0.416 e. The van der Waals surface area contributed by atoms with Crippen molar-refractivity contribution in [3.8, 4) is 5.75 Å². The fraction of sp³-hybridized carbons (Fsp3) is 0.583. The Labute approximate surface area is 197 Å². The van der Waals surface area contributed by atoms with Gasteiger partial charge in [-0.3, -0.25) is 9.36 Å². The summed E-state index contributed by atoms with van der Waals surface area (Å²) in [7, 11) is 3.68. The van der Waals surface area contributed by atoms with E-state index >= 15 is 0 Å². The Balaban J connectivity index is 2.01. The summed E-state index contributed by atoms with van der Waals surface area (Å²) in [6.07, 6.45) is -1.07. The number of ether oxygens (including phenoxy) is 2. The molecule has 2 aromatic rings. The van der Waals surface area contributed by atoms with E-state index in [0.717, 1.165) is 31.0 Å².